The quantitative estimate of drug-likeness (QED) is 0.852. The van der Waals surface area contributed by atoms with Crippen molar-refractivity contribution in [2.75, 3.05) is 19.6 Å². The Morgan fingerprint density at radius 2 is 1.95 bits per heavy atom. The predicted molar refractivity (Wildman–Crippen MR) is 89.3 cm³/mol. The third-order valence-electron chi connectivity index (χ3n) is 4.86. The predicted octanol–water partition coefficient (Wildman–Crippen LogP) is 2.71. The number of aromatic nitrogens is 2. The molecule has 0 radical (unpaired) electrons. The van der Waals surface area contributed by atoms with Gasteiger partial charge in [0.15, 0.2) is 0 Å². The molecule has 21 heavy (non-hydrogen) atoms. The summed E-state index contributed by atoms with van der Waals surface area (Å²) in [7, 11) is 2.06. The molecule has 1 saturated heterocycles. The molecule has 5 heteroatoms. The van der Waals surface area contributed by atoms with Gasteiger partial charge in [-0.15, -0.1) is 0 Å². The molecular formula is C16H27BrN4. The molecule has 0 amide bonds. The van der Waals surface area contributed by atoms with Crippen LogP contribution in [0, 0.1) is 5.92 Å². The first-order valence-corrected chi connectivity index (χ1v) is 9.12. The molecule has 0 atom stereocenters. The van der Waals surface area contributed by atoms with E-state index in [-0.39, 0.29) is 0 Å². The van der Waals surface area contributed by atoms with Crippen molar-refractivity contribution in [3.63, 3.8) is 0 Å². The zero-order valence-electron chi connectivity index (χ0n) is 13.2. The van der Waals surface area contributed by atoms with Crippen LogP contribution in [0.15, 0.2) is 4.47 Å². The monoisotopic (exact) mass is 354 g/mol. The normalized spacial score (nSPS) is 21.1. The Kier molecular flexibility index (Phi) is 5.02. The summed E-state index contributed by atoms with van der Waals surface area (Å²) < 4.78 is 3.25. The summed E-state index contributed by atoms with van der Waals surface area (Å²) >= 11 is 3.73. The van der Waals surface area contributed by atoms with Crippen LogP contribution in [0.2, 0.25) is 0 Å². The van der Waals surface area contributed by atoms with E-state index in [1.807, 2.05) is 4.68 Å². The van der Waals surface area contributed by atoms with E-state index in [4.69, 9.17) is 0 Å². The van der Waals surface area contributed by atoms with Crippen molar-refractivity contribution in [1.29, 1.82) is 0 Å². The minimum Gasteiger partial charge on any atom is -0.314 e. The summed E-state index contributed by atoms with van der Waals surface area (Å²) in [4.78, 5) is 2.57. The summed E-state index contributed by atoms with van der Waals surface area (Å²) in [5.41, 5.74) is 2.49. The largest absolute Gasteiger partial charge is 0.314 e. The molecule has 2 heterocycles. The average Bonchev–Trinajstić information content (AvgIpc) is 3.28. The molecular weight excluding hydrogens is 328 g/mol. The summed E-state index contributed by atoms with van der Waals surface area (Å²) in [6.07, 6.45) is 6.44. The molecule has 3 rings (SSSR count). The molecule has 0 aromatic carbocycles. The van der Waals surface area contributed by atoms with Crippen LogP contribution >= 0.6 is 15.9 Å². The molecule has 1 aromatic heterocycles. The highest BCUT2D eigenvalue weighted by Crippen LogP contribution is 2.28. The van der Waals surface area contributed by atoms with Gasteiger partial charge in [0.2, 0.25) is 0 Å². The van der Waals surface area contributed by atoms with Crippen molar-refractivity contribution in [2.24, 2.45) is 13.0 Å². The second-order valence-electron chi connectivity index (χ2n) is 6.59. The third-order valence-corrected chi connectivity index (χ3v) is 5.77. The summed E-state index contributed by atoms with van der Waals surface area (Å²) in [6, 6.07) is 0.739. The van der Waals surface area contributed by atoms with E-state index in [9.17, 15) is 0 Å². The highest BCUT2D eigenvalue weighted by atomic mass is 79.9. The fourth-order valence-corrected chi connectivity index (χ4v) is 3.90. The van der Waals surface area contributed by atoms with E-state index >= 15 is 0 Å². The number of likely N-dealkylation sites (tertiary alicyclic amines) is 1. The van der Waals surface area contributed by atoms with Gasteiger partial charge in [-0.3, -0.25) is 9.58 Å². The molecule has 0 unspecified atom stereocenters. The van der Waals surface area contributed by atoms with Gasteiger partial charge in [0.1, 0.15) is 0 Å². The summed E-state index contributed by atoms with van der Waals surface area (Å²) in [6.45, 7) is 6.81. The first kappa shape index (κ1) is 15.5. The van der Waals surface area contributed by atoms with Crippen molar-refractivity contribution < 1.29 is 0 Å². The standard InChI is InChI=1S/C16H27BrN4/c1-3-14-16(17)15(20(2)19-14)11-21-8-6-13(7-9-21)18-10-12-4-5-12/h12-13,18H,3-11H2,1-2H3. The fraction of sp³-hybridized carbons (Fsp3) is 0.812. The van der Waals surface area contributed by atoms with E-state index in [1.165, 1.54) is 61.2 Å². The van der Waals surface area contributed by atoms with Crippen LogP contribution in [0.25, 0.3) is 0 Å². The van der Waals surface area contributed by atoms with Crippen LogP contribution in [0.4, 0.5) is 0 Å². The Morgan fingerprint density at radius 3 is 2.52 bits per heavy atom. The maximum Gasteiger partial charge on any atom is 0.0767 e. The van der Waals surface area contributed by atoms with Gasteiger partial charge >= 0.3 is 0 Å². The van der Waals surface area contributed by atoms with E-state index in [0.29, 0.717) is 0 Å². The SMILES string of the molecule is CCc1nn(C)c(CN2CCC(NCC3CC3)CC2)c1Br. The zero-order chi connectivity index (χ0) is 14.8. The Labute approximate surface area is 136 Å². The lowest BCUT2D eigenvalue weighted by molar-refractivity contribution is 0.186. The van der Waals surface area contributed by atoms with Gasteiger partial charge in [0.25, 0.3) is 0 Å². The lowest BCUT2D eigenvalue weighted by Gasteiger charge is -2.32. The molecule has 0 bridgehead atoms. The van der Waals surface area contributed by atoms with Crippen LogP contribution in [-0.4, -0.2) is 40.4 Å². The molecule has 4 nitrogen and oxygen atoms in total. The van der Waals surface area contributed by atoms with Crippen molar-refractivity contribution in [2.45, 2.75) is 51.6 Å². The van der Waals surface area contributed by atoms with Crippen LogP contribution in [0.3, 0.4) is 0 Å². The molecule has 1 saturated carbocycles. The molecule has 118 valence electrons. The third kappa shape index (κ3) is 3.88. The maximum absolute atomic E-state index is 4.60. The van der Waals surface area contributed by atoms with Crippen LogP contribution in [0.5, 0.6) is 0 Å². The second-order valence-corrected chi connectivity index (χ2v) is 7.38. The van der Waals surface area contributed by atoms with E-state index in [1.54, 1.807) is 0 Å². The van der Waals surface area contributed by atoms with E-state index in [2.05, 4.69) is 45.2 Å². The summed E-state index contributed by atoms with van der Waals surface area (Å²) in [5.74, 6) is 0.987. The first-order chi connectivity index (χ1) is 10.2. The molecule has 1 aliphatic heterocycles. The highest BCUT2D eigenvalue weighted by Gasteiger charge is 2.25. The molecule has 1 aliphatic carbocycles. The van der Waals surface area contributed by atoms with Crippen LogP contribution < -0.4 is 5.32 Å². The summed E-state index contributed by atoms with van der Waals surface area (Å²) in [5, 5.41) is 8.35. The van der Waals surface area contributed by atoms with Crippen molar-refractivity contribution >= 4 is 15.9 Å². The van der Waals surface area contributed by atoms with Crippen molar-refractivity contribution in [1.82, 2.24) is 20.0 Å². The number of halogens is 1. The highest BCUT2D eigenvalue weighted by molar-refractivity contribution is 9.10. The number of hydrogen-bond acceptors (Lipinski definition) is 3. The molecule has 1 N–H and O–H groups in total. The topological polar surface area (TPSA) is 33.1 Å². The van der Waals surface area contributed by atoms with Crippen molar-refractivity contribution in [3.8, 4) is 0 Å². The number of rotatable bonds is 6. The average molecular weight is 355 g/mol. The Bertz CT molecular complexity index is 473. The Morgan fingerprint density at radius 1 is 1.24 bits per heavy atom. The van der Waals surface area contributed by atoms with Gasteiger partial charge in [-0.2, -0.15) is 5.10 Å². The van der Waals surface area contributed by atoms with Gasteiger partial charge in [-0.05, 0) is 60.5 Å². The van der Waals surface area contributed by atoms with Gasteiger partial charge in [0.05, 0.1) is 15.9 Å². The number of nitrogens with one attached hydrogen (secondary N) is 1. The minimum atomic E-state index is 0.739. The van der Waals surface area contributed by atoms with Gasteiger partial charge < -0.3 is 5.32 Å². The van der Waals surface area contributed by atoms with E-state index in [0.717, 1.165) is 24.9 Å². The van der Waals surface area contributed by atoms with Crippen LogP contribution in [0.1, 0.15) is 44.0 Å². The molecule has 1 aromatic rings. The Balaban J connectivity index is 1.49. The molecule has 2 aliphatic rings. The number of aryl methyl sites for hydroxylation is 2. The van der Waals surface area contributed by atoms with Gasteiger partial charge in [-0.25, -0.2) is 0 Å². The van der Waals surface area contributed by atoms with Gasteiger partial charge in [0, 0.05) is 32.7 Å². The molecule has 0 spiro atoms. The van der Waals surface area contributed by atoms with Gasteiger partial charge in [-0.1, -0.05) is 6.92 Å². The van der Waals surface area contributed by atoms with E-state index < -0.39 is 0 Å². The minimum absolute atomic E-state index is 0.739. The lowest BCUT2D eigenvalue weighted by Crippen LogP contribution is -2.42. The fourth-order valence-electron chi connectivity index (χ4n) is 3.15. The van der Waals surface area contributed by atoms with Crippen LogP contribution in [-0.2, 0) is 20.0 Å². The number of piperidine rings is 1. The zero-order valence-corrected chi connectivity index (χ0v) is 14.8. The maximum atomic E-state index is 4.60. The second kappa shape index (κ2) is 6.80. The number of nitrogens with zero attached hydrogens (tertiary/aromatic N) is 3. The molecule has 2 fully saturated rings. The number of hydrogen-bond donors (Lipinski definition) is 1. The lowest BCUT2D eigenvalue weighted by atomic mass is 10.0. The smallest absolute Gasteiger partial charge is 0.0767 e. The Hall–Kier alpha value is -0.390. The first-order valence-electron chi connectivity index (χ1n) is 8.33. The van der Waals surface area contributed by atoms with Crippen molar-refractivity contribution in [3.05, 3.63) is 15.9 Å².